The van der Waals surface area contributed by atoms with E-state index in [-0.39, 0.29) is 0 Å². The largest absolute Gasteiger partial charge is 0.465 e. The average Bonchev–Trinajstić information content (AvgIpc) is 2.48. The lowest BCUT2D eigenvalue weighted by Gasteiger charge is -2.15. The van der Waals surface area contributed by atoms with Crippen LogP contribution in [0.4, 0.5) is 11.4 Å². The lowest BCUT2D eigenvalue weighted by atomic mass is 10.1. The summed E-state index contributed by atoms with van der Waals surface area (Å²) in [6, 6.07) is 10.2. The van der Waals surface area contributed by atoms with Crippen molar-refractivity contribution < 1.29 is 14.3 Å². The molecule has 0 aliphatic carbocycles. The van der Waals surface area contributed by atoms with Gasteiger partial charge in [0, 0.05) is 10.6 Å². The fraction of sp³-hybridized carbons (Fsp3) is 0.125. The molecule has 0 saturated carbocycles. The standard InChI is InChI=1S/C16H14ClNO3/c1-10-4-3-5-11(9-19)15(10)18-14-8-12(17)6-7-13(14)16(20)21-2/h3-9,18H,1-2H3. The van der Waals surface area contributed by atoms with Crippen LogP contribution < -0.4 is 5.32 Å². The third-order valence-electron chi connectivity index (χ3n) is 3.08. The van der Waals surface area contributed by atoms with E-state index in [1.807, 2.05) is 13.0 Å². The van der Waals surface area contributed by atoms with Gasteiger partial charge in [0.15, 0.2) is 6.29 Å². The first-order valence-electron chi connectivity index (χ1n) is 6.26. The lowest BCUT2D eigenvalue weighted by Crippen LogP contribution is -2.07. The van der Waals surface area contributed by atoms with Gasteiger partial charge in [0.25, 0.3) is 0 Å². The molecular weight excluding hydrogens is 290 g/mol. The molecule has 0 saturated heterocycles. The van der Waals surface area contributed by atoms with E-state index in [2.05, 4.69) is 5.32 Å². The highest BCUT2D eigenvalue weighted by Gasteiger charge is 2.14. The monoisotopic (exact) mass is 303 g/mol. The molecule has 2 rings (SSSR count). The summed E-state index contributed by atoms with van der Waals surface area (Å²) in [5, 5.41) is 3.58. The van der Waals surface area contributed by atoms with Crippen molar-refractivity contribution in [3.8, 4) is 0 Å². The van der Waals surface area contributed by atoms with E-state index in [4.69, 9.17) is 16.3 Å². The number of hydrogen-bond acceptors (Lipinski definition) is 4. The van der Waals surface area contributed by atoms with E-state index in [0.717, 1.165) is 11.8 Å². The van der Waals surface area contributed by atoms with Gasteiger partial charge in [-0.15, -0.1) is 0 Å². The fourth-order valence-electron chi connectivity index (χ4n) is 2.00. The van der Waals surface area contributed by atoms with Gasteiger partial charge in [-0.1, -0.05) is 23.7 Å². The Bertz CT molecular complexity index is 698. The van der Waals surface area contributed by atoms with Crippen molar-refractivity contribution in [1.29, 1.82) is 0 Å². The zero-order valence-corrected chi connectivity index (χ0v) is 12.4. The smallest absolute Gasteiger partial charge is 0.339 e. The Morgan fingerprint density at radius 2 is 2.05 bits per heavy atom. The highest BCUT2D eigenvalue weighted by molar-refractivity contribution is 6.31. The minimum atomic E-state index is -0.476. The third-order valence-corrected chi connectivity index (χ3v) is 3.31. The topological polar surface area (TPSA) is 55.4 Å². The molecule has 0 amide bonds. The van der Waals surface area contributed by atoms with Gasteiger partial charge >= 0.3 is 5.97 Å². The van der Waals surface area contributed by atoms with Crippen molar-refractivity contribution >= 4 is 35.2 Å². The minimum Gasteiger partial charge on any atom is -0.465 e. The number of halogens is 1. The lowest BCUT2D eigenvalue weighted by molar-refractivity contribution is 0.0602. The van der Waals surface area contributed by atoms with Gasteiger partial charge in [0.2, 0.25) is 0 Å². The number of para-hydroxylation sites is 1. The number of carbonyl (C=O) groups excluding carboxylic acids is 2. The number of ether oxygens (including phenoxy) is 1. The number of methoxy groups -OCH3 is 1. The number of nitrogens with one attached hydrogen (secondary N) is 1. The molecule has 21 heavy (non-hydrogen) atoms. The number of aryl methyl sites for hydroxylation is 1. The van der Waals surface area contributed by atoms with Crippen molar-refractivity contribution in [2.24, 2.45) is 0 Å². The summed E-state index contributed by atoms with van der Waals surface area (Å²) in [5.41, 5.74) is 2.87. The van der Waals surface area contributed by atoms with Crippen molar-refractivity contribution in [2.45, 2.75) is 6.92 Å². The Morgan fingerprint density at radius 1 is 1.29 bits per heavy atom. The molecule has 0 heterocycles. The number of anilines is 2. The Balaban J connectivity index is 2.51. The molecule has 1 N–H and O–H groups in total. The van der Waals surface area contributed by atoms with E-state index >= 15 is 0 Å². The summed E-state index contributed by atoms with van der Waals surface area (Å²) in [7, 11) is 1.31. The Morgan fingerprint density at radius 3 is 2.71 bits per heavy atom. The van der Waals surface area contributed by atoms with Gasteiger partial charge < -0.3 is 10.1 Å². The number of hydrogen-bond donors (Lipinski definition) is 1. The van der Waals surface area contributed by atoms with Crippen molar-refractivity contribution in [2.75, 3.05) is 12.4 Å². The molecule has 4 nitrogen and oxygen atoms in total. The molecule has 0 aliphatic rings. The van der Waals surface area contributed by atoms with E-state index in [9.17, 15) is 9.59 Å². The molecule has 2 aromatic carbocycles. The molecule has 0 bridgehead atoms. The van der Waals surface area contributed by atoms with Crippen LogP contribution in [0.1, 0.15) is 26.3 Å². The maximum absolute atomic E-state index is 11.8. The number of carbonyl (C=O) groups is 2. The first-order valence-corrected chi connectivity index (χ1v) is 6.64. The molecule has 0 fully saturated rings. The van der Waals surface area contributed by atoms with Crippen LogP contribution in [-0.2, 0) is 4.74 Å². The molecule has 108 valence electrons. The van der Waals surface area contributed by atoms with Crippen LogP contribution in [0.2, 0.25) is 5.02 Å². The van der Waals surface area contributed by atoms with Crippen LogP contribution >= 0.6 is 11.6 Å². The summed E-state index contributed by atoms with van der Waals surface area (Å²) < 4.78 is 4.75. The SMILES string of the molecule is COC(=O)c1ccc(Cl)cc1Nc1c(C)cccc1C=O. The second-order valence-corrected chi connectivity index (χ2v) is 4.90. The van der Waals surface area contributed by atoms with Crippen molar-refractivity contribution in [1.82, 2.24) is 0 Å². The maximum Gasteiger partial charge on any atom is 0.339 e. The highest BCUT2D eigenvalue weighted by Crippen LogP contribution is 2.28. The average molecular weight is 304 g/mol. The van der Waals surface area contributed by atoms with E-state index < -0.39 is 5.97 Å². The fourth-order valence-corrected chi connectivity index (χ4v) is 2.17. The van der Waals surface area contributed by atoms with Crippen molar-refractivity contribution in [3.63, 3.8) is 0 Å². The molecule has 2 aromatic rings. The van der Waals surface area contributed by atoms with Crippen LogP contribution in [0.3, 0.4) is 0 Å². The molecule has 0 unspecified atom stereocenters. The predicted octanol–water partition coefficient (Wildman–Crippen LogP) is 3.99. The first kappa shape index (κ1) is 15.1. The van der Waals surface area contributed by atoms with Gasteiger partial charge in [0.05, 0.1) is 24.0 Å². The zero-order valence-electron chi connectivity index (χ0n) is 11.6. The van der Waals surface area contributed by atoms with E-state index in [1.54, 1.807) is 30.3 Å². The van der Waals surface area contributed by atoms with Crippen LogP contribution in [-0.4, -0.2) is 19.4 Å². The number of esters is 1. The van der Waals surface area contributed by atoms with E-state index in [1.165, 1.54) is 7.11 Å². The van der Waals surface area contributed by atoms with Gasteiger partial charge in [-0.05, 0) is 36.8 Å². The van der Waals surface area contributed by atoms with Gasteiger partial charge in [-0.3, -0.25) is 4.79 Å². The van der Waals surface area contributed by atoms with Gasteiger partial charge in [-0.2, -0.15) is 0 Å². The molecule has 0 atom stereocenters. The Hall–Kier alpha value is -2.33. The molecule has 0 radical (unpaired) electrons. The summed E-state index contributed by atoms with van der Waals surface area (Å²) in [4.78, 5) is 23.0. The zero-order chi connectivity index (χ0) is 15.4. The third kappa shape index (κ3) is 3.23. The summed E-state index contributed by atoms with van der Waals surface area (Å²) in [6.45, 7) is 1.87. The summed E-state index contributed by atoms with van der Waals surface area (Å²) in [5.74, 6) is -0.476. The number of rotatable bonds is 4. The van der Waals surface area contributed by atoms with E-state index in [0.29, 0.717) is 27.5 Å². The number of benzene rings is 2. The van der Waals surface area contributed by atoms with Crippen LogP contribution in [0.25, 0.3) is 0 Å². The molecule has 0 spiro atoms. The van der Waals surface area contributed by atoms with Crippen LogP contribution in [0.5, 0.6) is 0 Å². The second-order valence-electron chi connectivity index (χ2n) is 4.46. The highest BCUT2D eigenvalue weighted by atomic mass is 35.5. The summed E-state index contributed by atoms with van der Waals surface area (Å²) in [6.07, 6.45) is 0.762. The quantitative estimate of drug-likeness (QED) is 0.685. The van der Waals surface area contributed by atoms with Crippen molar-refractivity contribution in [3.05, 3.63) is 58.1 Å². The molecule has 5 heteroatoms. The Kier molecular flexibility index (Phi) is 4.60. The van der Waals surface area contributed by atoms with Crippen LogP contribution in [0, 0.1) is 6.92 Å². The normalized spacial score (nSPS) is 10.0. The Labute approximate surface area is 127 Å². The minimum absolute atomic E-state index is 0.349. The summed E-state index contributed by atoms with van der Waals surface area (Å²) >= 11 is 5.98. The first-order chi connectivity index (χ1) is 10.1. The maximum atomic E-state index is 11.8. The predicted molar refractivity (Wildman–Crippen MR) is 82.6 cm³/mol. The molecular formula is C16H14ClNO3. The second kappa shape index (κ2) is 6.41. The van der Waals surface area contributed by atoms with Gasteiger partial charge in [0.1, 0.15) is 0 Å². The number of aldehydes is 1. The molecule has 0 aromatic heterocycles. The molecule has 0 aliphatic heterocycles. The van der Waals surface area contributed by atoms with Gasteiger partial charge in [-0.25, -0.2) is 4.79 Å². The van der Waals surface area contributed by atoms with Crippen LogP contribution in [0.15, 0.2) is 36.4 Å².